The Labute approximate surface area is 156 Å². The summed E-state index contributed by atoms with van der Waals surface area (Å²) in [6, 6.07) is 4.61. The van der Waals surface area contributed by atoms with Crippen LogP contribution in [0.15, 0.2) is 18.2 Å². The van der Waals surface area contributed by atoms with Crippen molar-refractivity contribution in [3.63, 3.8) is 0 Å². The number of amides is 3. The van der Waals surface area contributed by atoms with Gasteiger partial charge in [0.05, 0.1) is 18.7 Å². The van der Waals surface area contributed by atoms with E-state index >= 15 is 0 Å². The number of carbonyl (C=O) groups excluding carboxylic acids is 2. The molecule has 0 radical (unpaired) electrons. The van der Waals surface area contributed by atoms with Crippen molar-refractivity contribution in [3.05, 3.63) is 23.2 Å². The first-order valence-corrected chi connectivity index (χ1v) is 8.67. The number of ether oxygens (including phenoxy) is 1. The number of carboxylic acids is 1. The molecule has 1 fully saturated rings. The maximum Gasteiger partial charge on any atom is 0.317 e. The summed E-state index contributed by atoms with van der Waals surface area (Å²) in [6.45, 7) is 0.968. The molecule has 3 amide bonds. The van der Waals surface area contributed by atoms with Gasteiger partial charge in [-0.3, -0.25) is 9.59 Å². The van der Waals surface area contributed by atoms with E-state index in [9.17, 15) is 14.4 Å². The first-order chi connectivity index (χ1) is 12.4. The Balaban J connectivity index is 1.74. The average Bonchev–Trinajstić information content (AvgIpc) is 2.62. The monoisotopic (exact) mass is 383 g/mol. The van der Waals surface area contributed by atoms with Gasteiger partial charge in [-0.1, -0.05) is 11.6 Å². The van der Waals surface area contributed by atoms with Crippen molar-refractivity contribution in [1.29, 1.82) is 0 Å². The number of hydrogen-bond donors (Lipinski definition) is 3. The van der Waals surface area contributed by atoms with Crippen LogP contribution < -0.4 is 15.4 Å². The summed E-state index contributed by atoms with van der Waals surface area (Å²) in [5, 5.41) is 14.8. The van der Waals surface area contributed by atoms with Crippen molar-refractivity contribution in [2.45, 2.75) is 19.3 Å². The average molecular weight is 384 g/mol. The zero-order valence-corrected chi connectivity index (χ0v) is 15.2. The molecule has 9 heteroatoms. The van der Waals surface area contributed by atoms with Gasteiger partial charge in [-0.2, -0.15) is 0 Å². The molecule has 0 aromatic heterocycles. The number of rotatable bonds is 6. The highest BCUT2D eigenvalue weighted by atomic mass is 35.5. The second-order valence-electron chi connectivity index (χ2n) is 5.97. The molecule has 0 saturated carbocycles. The largest absolute Gasteiger partial charge is 0.495 e. The first-order valence-electron chi connectivity index (χ1n) is 8.29. The second-order valence-corrected chi connectivity index (χ2v) is 6.41. The molecule has 26 heavy (non-hydrogen) atoms. The molecular formula is C17H22ClN3O5. The van der Waals surface area contributed by atoms with Crippen LogP contribution in [0.25, 0.3) is 0 Å². The summed E-state index contributed by atoms with van der Waals surface area (Å²) in [4.78, 5) is 36.6. The minimum Gasteiger partial charge on any atom is -0.495 e. The van der Waals surface area contributed by atoms with Gasteiger partial charge in [-0.05, 0) is 31.0 Å². The Hall–Kier alpha value is -2.48. The molecule has 1 aliphatic rings. The number of halogens is 1. The van der Waals surface area contributed by atoms with Crippen molar-refractivity contribution in [2.24, 2.45) is 5.92 Å². The van der Waals surface area contributed by atoms with E-state index in [4.69, 9.17) is 21.4 Å². The lowest BCUT2D eigenvalue weighted by Crippen LogP contribution is -2.46. The molecule has 3 N–H and O–H groups in total. The summed E-state index contributed by atoms with van der Waals surface area (Å²) in [5.74, 6) is -1.00. The van der Waals surface area contributed by atoms with E-state index in [1.165, 1.54) is 7.11 Å². The predicted molar refractivity (Wildman–Crippen MR) is 96.6 cm³/mol. The molecule has 0 unspecified atom stereocenters. The molecule has 8 nitrogen and oxygen atoms in total. The number of piperidine rings is 1. The number of carboxylic acid groups (broad SMARTS) is 1. The molecule has 0 bridgehead atoms. The number of methoxy groups -OCH3 is 1. The number of hydrogen-bond acceptors (Lipinski definition) is 4. The Morgan fingerprint density at radius 2 is 2.00 bits per heavy atom. The van der Waals surface area contributed by atoms with Crippen LogP contribution in [0.5, 0.6) is 5.75 Å². The van der Waals surface area contributed by atoms with Crippen LogP contribution in [-0.2, 0) is 9.59 Å². The molecule has 1 aromatic carbocycles. The third-order valence-electron chi connectivity index (χ3n) is 4.20. The number of anilines is 1. The number of benzene rings is 1. The zero-order valence-electron chi connectivity index (χ0n) is 14.5. The minimum absolute atomic E-state index is 0.0903. The van der Waals surface area contributed by atoms with Crippen molar-refractivity contribution >= 4 is 35.2 Å². The summed E-state index contributed by atoms with van der Waals surface area (Å²) in [6.07, 6.45) is 0.975. The molecule has 0 spiro atoms. The quantitative estimate of drug-likeness (QED) is 0.697. The highest BCUT2D eigenvalue weighted by Gasteiger charge is 2.26. The highest BCUT2D eigenvalue weighted by molar-refractivity contribution is 6.31. The molecule has 142 valence electrons. The molecule has 0 aliphatic carbocycles. The molecule has 2 rings (SSSR count). The van der Waals surface area contributed by atoms with E-state index in [2.05, 4.69) is 10.6 Å². The van der Waals surface area contributed by atoms with E-state index in [1.54, 1.807) is 23.1 Å². The maximum atomic E-state index is 12.1. The Morgan fingerprint density at radius 1 is 1.31 bits per heavy atom. The van der Waals surface area contributed by atoms with E-state index in [0.29, 0.717) is 42.4 Å². The second kappa shape index (κ2) is 9.28. The number of nitrogens with zero attached hydrogens (tertiary/aromatic N) is 1. The highest BCUT2D eigenvalue weighted by Crippen LogP contribution is 2.27. The van der Waals surface area contributed by atoms with Gasteiger partial charge >= 0.3 is 12.0 Å². The van der Waals surface area contributed by atoms with Gasteiger partial charge in [0.15, 0.2) is 0 Å². The van der Waals surface area contributed by atoms with Gasteiger partial charge < -0.3 is 25.4 Å². The van der Waals surface area contributed by atoms with Gasteiger partial charge in [0.25, 0.3) is 0 Å². The lowest BCUT2D eigenvalue weighted by Gasteiger charge is -2.30. The number of nitrogens with one attached hydrogen (secondary N) is 2. The number of likely N-dealkylation sites (tertiary alicyclic amines) is 1. The Morgan fingerprint density at radius 3 is 2.62 bits per heavy atom. The predicted octanol–water partition coefficient (Wildman–Crippen LogP) is 2.18. The molecule has 1 aromatic rings. The number of carbonyl (C=O) groups is 3. The van der Waals surface area contributed by atoms with Gasteiger partial charge in [-0.15, -0.1) is 0 Å². The summed E-state index contributed by atoms with van der Waals surface area (Å²) in [7, 11) is 1.49. The van der Waals surface area contributed by atoms with Gasteiger partial charge in [-0.25, -0.2) is 4.79 Å². The fourth-order valence-corrected chi connectivity index (χ4v) is 2.89. The number of urea groups is 1. The van der Waals surface area contributed by atoms with Crippen LogP contribution in [0.1, 0.15) is 19.3 Å². The molecule has 1 heterocycles. The first kappa shape index (κ1) is 19.8. The SMILES string of the molecule is COc1ccc(Cl)cc1NC(=O)CCNC(=O)N1CCC(C(=O)O)CC1. The van der Waals surface area contributed by atoms with Crippen LogP contribution in [0.4, 0.5) is 10.5 Å². The normalized spacial score (nSPS) is 14.6. The van der Waals surface area contributed by atoms with Crippen LogP contribution >= 0.6 is 11.6 Å². The summed E-state index contributed by atoms with van der Waals surface area (Å²) in [5.41, 5.74) is 0.465. The minimum atomic E-state index is -0.821. The van der Waals surface area contributed by atoms with E-state index in [1.807, 2.05) is 0 Å². The fourth-order valence-electron chi connectivity index (χ4n) is 2.71. The topological polar surface area (TPSA) is 108 Å². The summed E-state index contributed by atoms with van der Waals surface area (Å²) >= 11 is 5.91. The van der Waals surface area contributed by atoms with E-state index < -0.39 is 11.9 Å². The van der Waals surface area contributed by atoms with Gasteiger partial charge in [0.1, 0.15) is 5.75 Å². The molecular weight excluding hydrogens is 362 g/mol. The van der Waals surface area contributed by atoms with Crippen molar-refractivity contribution < 1.29 is 24.2 Å². The third-order valence-corrected chi connectivity index (χ3v) is 4.43. The van der Waals surface area contributed by atoms with E-state index in [-0.39, 0.29) is 24.9 Å². The van der Waals surface area contributed by atoms with Gasteiger partial charge in [0.2, 0.25) is 5.91 Å². The Bertz CT molecular complexity index is 674. The van der Waals surface area contributed by atoms with E-state index in [0.717, 1.165) is 0 Å². The standard InChI is InChI=1S/C17H22ClN3O5/c1-26-14-3-2-12(18)10-13(14)20-15(22)4-7-19-17(25)21-8-5-11(6-9-21)16(23)24/h2-3,10-11H,4-9H2,1H3,(H,19,25)(H,20,22)(H,23,24). The summed E-state index contributed by atoms with van der Waals surface area (Å²) < 4.78 is 5.16. The van der Waals surface area contributed by atoms with Crippen molar-refractivity contribution in [3.8, 4) is 5.75 Å². The van der Waals surface area contributed by atoms with Crippen LogP contribution in [0.3, 0.4) is 0 Å². The fraction of sp³-hybridized carbons (Fsp3) is 0.471. The zero-order chi connectivity index (χ0) is 19.1. The lowest BCUT2D eigenvalue weighted by molar-refractivity contribution is -0.143. The molecule has 1 aliphatic heterocycles. The Kier molecular flexibility index (Phi) is 7.08. The number of aliphatic carboxylic acids is 1. The lowest BCUT2D eigenvalue weighted by atomic mass is 9.97. The van der Waals surface area contributed by atoms with Crippen LogP contribution in [0.2, 0.25) is 5.02 Å². The molecule has 0 atom stereocenters. The molecule has 1 saturated heterocycles. The van der Waals surface area contributed by atoms with Crippen molar-refractivity contribution in [1.82, 2.24) is 10.2 Å². The third kappa shape index (κ3) is 5.52. The smallest absolute Gasteiger partial charge is 0.317 e. The van der Waals surface area contributed by atoms with Gasteiger partial charge in [0, 0.05) is 31.1 Å². The maximum absolute atomic E-state index is 12.1. The van der Waals surface area contributed by atoms with Crippen molar-refractivity contribution in [2.75, 3.05) is 32.1 Å². The van der Waals surface area contributed by atoms with Crippen LogP contribution in [0, 0.1) is 5.92 Å². The van der Waals surface area contributed by atoms with Crippen LogP contribution in [-0.4, -0.2) is 54.7 Å².